The van der Waals surface area contributed by atoms with Gasteiger partial charge in [0, 0.05) is 25.8 Å². The smallest absolute Gasteiger partial charge is 0.344 e. The van der Waals surface area contributed by atoms with Gasteiger partial charge in [-0.2, -0.15) is 0 Å². The summed E-state index contributed by atoms with van der Waals surface area (Å²) in [5, 5.41) is 7.14. The molecule has 0 unspecified atom stereocenters. The normalized spacial score (nSPS) is 12.4. The number of hydrogen-bond donors (Lipinski definition) is 3. The first-order chi connectivity index (χ1) is 13.0. The molecule has 1 aromatic carbocycles. The average molecular weight is 379 g/mol. The molecule has 146 valence electrons. The van der Waals surface area contributed by atoms with E-state index in [4.69, 9.17) is 14.2 Å². The molecule has 0 saturated heterocycles. The number of carbonyl (C=O) groups excluding carboxylic acids is 4. The fourth-order valence-electron chi connectivity index (χ4n) is 2.25. The van der Waals surface area contributed by atoms with Gasteiger partial charge in [0.05, 0.1) is 6.61 Å². The van der Waals surface area contributed by atoms with Crippen molar-refractivity contribution in [2.75, 3.05) is 38.8 Å². The highest BCUT2D eigenvalue weighted by atomic mass is 16.6. The number of benzene rings is 1. The molecule has 0 saturated carbocycles. The van der Waals surface area contributed by atoms with E-state index >= 15 is 0 Å². The highest BCUT2D eigenvalue weighted by Crippen LogP contribution is 2.26. The number of methoxy groups -OCH3 is 1. The van der Waals surface area contributed by atoms with Crippen LogP contribution in [0.25, 0.3) is 0 Å². The van der Waals surface area contributed by atoms with Gasteiger partial charge in [0.1, 0.15) is 5.75 Å². The van der Waals surface area contributed by atoms with Gasteiger partial charge in [0.25, 0.3) is 5.91 Å². The van der Waals surface area contributed by atoms with E-state index in [9.17, 15) is 19.2 Å². The molecule has 0 radical (unpaired) electrons. The summed E-state index contributed by atoms with van der Waals surface area (Å²) in [4.78, 5) is 45.8. The quantitative estimate of drug-likeness (QED) is 0.427. The standard InChI is InChI=1S/C17H21N3O7/c1-25-7-6-18-17(24)20-15(22)9-27-16(23)10-26-12-3-4-13-11(8-12)2-5-14(21)19-13/h3-4,8H,2,5-7,9-10H2,1H3,(H,19,21)(H2,18,20,22,24). The van der Waals surface area contributed by atoms with Gasteiger partial charge in [0.15, 0.2) is 13.2 Å². The maximum absolute atomic E-state index is 11.6. The molecule has 0 aliphatic carbocycles. The molecule has 0 fully saturated rings. The highest BCUT2D eigenvalue weighted by Gasteiger charge is 2.16. The number of amides is 4. The zero-order valence-electron chi connectivity index (χ0n) is 14.8. The van der Waals surface area contributed by atoms with Gasteiger partial charge < -0.3 is 24.8 Å². The van der Waals surface area contributed by atoms with E-state index in [0.29, 0.717) is 25.2 Å². The number of aryl methyl sites for hydroxylation is 1. The highest BCUT2D eigenvalue weighted by molar-refractivity contribution is 5.95. The van der Waals surface area contributed by atoms with Gasteiger partial charge >= 0.3 is 12.0 Å². The van der Waals surface area contributed by atoms with Crippen molar-refractivity contribution in [1.29, 1.82) is 0 Å². The third kappa shape index (κ3) is 6.94. The summed E-state index contributed by atoms with van der Waals surface area (Å²) in [7, 11) is 1.48. The number of hydrogen-bond acceptors (Lipinski definition) is 7. The number of imide groups is 1. The molecular weight excluding hydrogens is 358 g/mol. The van der Waals surface area contributed by atoms with E-state index in [1.807, 2.05) is 5.32 Å². The molecule has 2 rings (SSSR count). The van der Waals surface area contributed by atoms with Crippen molar-refractivity contribution in [3.05, 3.63) is 23.8 Å². The van der Waals surface area contributed by atoms with Gasteiger partial charge in [-0.25, -0.2) is 9.59 Å². The number of carbonyl (C=O) groups is 4. The van der Waals surface area contributed by atoms with Crippen molar-refractivity contribution in [2.45, 2.75) is 12.8 Å². The number of urea groups is 1. The van der Waals surface area contributed by atoms with Crippen LogP contribution in [-0.2, 0) is 30.3 Å². The SMILES string of the molecule is COCCNC(=O)NC(=O)COC(=O)COc1ccc2c(c1)CCC(=O)N2. The monoisotopic (exact) mass is 379 g/mol. The zero-order valence-corrected chi connectivity index (χ0v) is 14.8. The molecule has 4 amide bonds. The first-order valence-corrected chi connectivity index (χ1v) is 8.25. The molecule has 0 spiro atoms. The lowest BCUT2D eigenvalue weighted by Gasteiger charge is -2.17. The van der Waals surface area contributed by atoms with Crippen LogP contribution in [0.1, 0.15) is 12.0 Å². The Hall–Kier alpha value is -3.14. The summed E-state index contributed by atoms with van der Waals surface area (Å²) in [6, 6.07) is 4.35. The van der Waals surface area contributed by atoms with Crippen LogP contribution < -0.4 is 20.7 Å². The third-order valence-corrected chi connectivity index (χ3v) is 3.54. The number of fused-ring (bicyclic) bond motifs is 1. The second-order valence-corrected chi connectivity index (χ2v) is 5.61. The van der Waals surface area contributed by atoms with E-state index in [1.54, 1.807) is 18.2 Å². The van der Waals surface area contributed by atoms with Gasteiger partial charge in [-0.15, -0.1) is 0 Å². The summed E-state index contributed by atoms with van der Waals surface area (Å²) in [5.74, 6) is -1.10. The van der Waals surface area contributed by atoms with Crippen LogP contribution in [0.4, 0.5) is 10.5 Å². The van der Waals surface area contributed by atoms with Gasteiger partial charge in [-0.3, -0.25) is 14.9 Å². The van der Waals surface area contributed by atoms with Crippen molar-refractivity contribution < 1.29 is 33.4 Å². The Bertz CT molecular complexity index is 720. The molecule has 0 bridgehead atoms. The lowest BCUT2D eigenvalue weighted by molar-refractivity contribution is -0.150. The van der Waals surface area contributed by atoms with Crippen LogP contribution in [-0.4, -0.2) is 57.3 Å². The summed E-state index contributed by atoms with van der Waals surface area (Å²) in [6.45, 7) is -0.439. The van der Waals surface area contributed by atoms with Crippen LogP contribution in [0.15, 0.2) is 18.2 Å². The molecule has 0 atom stereocenters. The van der Waals surface area contributed by atoms with E-state index in [-0.39, 0.29) is 12.5 Å². The van der Waals surface area contributed by atoms with Gasteiger partial charge in [-0.1, -0.05) is 0 Å². The maximum Gasteiger partial charge on any atom is 0.344 e. The summed E-state index contributed by atoms with van der Waals surface area (Å²) < 4.78 is 14.8. The second-order valence-electron chi connectivity index (χ2n) is 5.61. The van der Waals surface area contributed by atoms with Gasteiger partial charge in [-0.05, 0) is 30.2 Å². The summed E-state index contributed by atoms with van der Waals surface area (Å²) in [6.07, 6.45) is 0.988. The van der Waals surface area contributed by atoms with Crippen LogP contribution in [0, 0.1) is 0 Å². The lowest BCUT2D eigenvalue weighted by atomic mass is 10.0. The van der Waals surface area contributed by atoms with E-state index in [0.717, 1.165) is 11.3 Å². The third-order valence-electron chi connectivity index (χ3n) is 3.54. The first kappa shape index (κ1) is 20.2. The van der Waals surface area contributed by atoms with Crippen LogP contribution in [0.3, 0.4) is 0 Å². The minimum Gasteiger partial charge on any atom is -0.482 e. The Morgan fingerprint density at radius 2 is 2.00 bits per heavy atom. The Labute approximate surface area is 155 Å². The predicted octanol–water partition coefficient (Wildman–Crippen LogP) is -0.0345. The maximum atomic E-state index is 11.6. The molecule has 27 heavy (non-hydrogen) atoms. The number of nitrogens with one attached hydrogen (secondary N) is 3. The fourth-order valence-corrected chi connectivity index (χ4v) is 2.25. The van der Waals surface area contributed by atoms with Crippen molar-refractivity contribution >= 4 is 29.5 Å². The molecule has 1 aromatic rings. The molecule has 1 aliphatic heterocycles. The Kier molecular flexibility index (Phi) is 7.56. The Morgan fingerprint density at radius 3 is 2.78 bits per heavy atom. The van der Waals surface area contributed by atoms with Crippen molar-refractivity contribution in [3.63, 3.8) is 0 Å². The number of ether oxygens (including phenoxy) is 3. The molecule has 3 N–H and O–H groups in total. The first-order valence-electron chi connectivity index (χ1n) is 8.25. The average Bonchev–Trinajstić information content (AvgIpc) is 2.64. The lowest BCUT2D eigenvalue weighted by Crippen LogP contribution is -2.42. The van der Waals surface area contributed by atoms with Crippen LogP contribution in [0.5, 0.6) is 5.75 Å². The minimum absolute atomic E-state index is 0.0367. The minimum atomic E-state index is -0.761. The number of rotatable bonds is 8. The molecule has 10 heteroatoms. The summed E-state index contributed by atoms with van der Waals surface area (Å²) >= 11 is 0. The van der Waals surface area contributed by atoms with Crippen molar-refractivity contribution in [2.24, 2.45) is 0 Å². The topological polar surface area (TPSA) is 132 Å². The van der Waals surface area contributed by atoms with Gasteiger partial charge in [0.2, 0.25) is 5.91 Å². The van der Waals surface area contributed by atoms with Crippen molar-refractivity contribution in [1.82, 2.24) is 10.6 Å². The van der Waals surface area contributed by atoms with E-state index in [1.165, 1.54) is 7.11 Å². The van der Waals surface area contributed by atoms with E-state index in [2.05, 4.69) is 10.6 Å². The summed E-state index contributed by atoms with van der Waals surface area (Å²) in [5.41, 5.74) is 1.64. The van der Waals surface area contributed by atoms with Crippen LogP contribution in [0.2, 0.25) is 0 Å². The number of esters is 1. The Balaban J connectivity index is 1.68. The van der Waals surface area contributed by atoms with E-state index < -0.39 is 31.1 Å². The molecule has 10 nitrogen and oxygen atoms in total. The predicted molar refractivity (Wildman–Crippen MR) is 93.3 cm³/mol. The van der Waals surface area contributed by atoms with Crippen molar-refractivity contribution in [3.8, 4) is 5.75 Å². The second kappa shape index (κ2) is 10.1. The molecule has 1 aliphatic rings. The molecule has 0 aromatic heterocycles. The Morgan fingerprint density at radius 1 is 1.19 bits per heavy atom. The fraction of sp³-hybridized carbons (Fsp3) is 0.412. The zero-order chi connectivity index (χ0) is 19.6. The number of anilines is 1. The largest absolute Gasteiger partial charge is 0.482 e. The molecule has 1 heterocycles. The molecular formula is C17H21N3O7. The van der Waals surface area contributed by atoms with Crippen LogP contribution >= 0.6 is 0 Å².